The molecule has 17 heavy (non-hydrogen) atoms. The van der Waals surface area contributed by atoms with Gasteiger partial charge in [-0.3, -0.25) is 0 Å². The van der Waals surface area contributed by atoms with Crippen LogP contribution < -0.4 is 29.6 Å². The van der Waals surface area contributed by atoms with Crippen molar-refractivity contribution in [1.29, 1.82) is 0 Å². The van der Waals surface area contributed by atoms with E-state index in [2.05, 4.69) is 13.3 Å². The maximum atomic E-state index is 10.3. The van der Waals surface area contributed by atoms with Crippen molar-refractivity contribution in [2.75, 3.05) is 5.75 Å². The van der Waals surface area contributed by atoms with Gasteiger partial charge in [-0.15, -0.1) is 0 Å². The maximum Gasteiger partial charge on any atom is 1.00 e. The maximum absolute atomic E-state index is 10.3. The summed E-state index contributed by atoms with van der Waals surface area (Å²) in [6, 6.07) is 0. The fourth-order valence-corrected chi connectivity index (χ4v) is 2.14. The number of unbranched alkanes of at least 4 members (excludes halogenated alkanes) is 9. The van der Waals surface area contributed by atoms with Gasteiger partial charge in [-0.05, 0) is 19.3 Å². The fourth-order valence-electron chi connectivity index (χ4n) is 1.62. The van der Waals surface area contributed by atoms with Gasteiger partial charge in [0.1, 0.15) is 0 Å². The predicted octanol–water partition coefficient (Wildman–Crippen LogP) is 0.271. The average Bonchev–Trinajstić information content (AvgIpc) is 2.19. The Morgan fingerprint density at radius 3 is 2.06 bits per heavy atom. The molecule has 0 N–H and O–H groups in total. The molecule has 97 valence electrons. The Morgan fingerprint density at radius 1 is 0.941 bits per heavy atom. The topological polar surface area (TPSA) is 57.2 Å². The van der Waals surface area contributed by atoms with Crippen LogP contribution in [0.3, 0.4) is 0 Å². The van der Waals surface area contributed by atoms with E-state index in [-0.39, 0.29) is 35.3 Å². The normalized spacial score (nSPS) is 11.2. The molecule has 0 amide bonds. The molecule has 0 saturated carbocycles. The van der Waals surface area contributed by atoms with Crippen LogP contribution in [0.25, 0.3) is 0 Å². The molecule has 0 spiro atoms. The molecule has 0 aliphatic carbocycles. The molecule has 0 atom stereocenters. The second kappa shape index (κ2) is 13.3. The van der Waals surface area contributed by atoms with E-state index in [1.807, 2.05) is 0 Å². The number of hydrogen-bond donors (Lipinski definition) is 0. The third-order valence-electron chi connectivity index (χ3n) is 2.56. The molecule has 0 heterocycles. The van der Waals surface area contributed by atoms with Crippen molar-refractivity contribution < 1.29 is 42.5 Å². The third kappa shape index (κ3) is 19.4. The van der Waals surface area contributed by atoms with Gasteiger partial charge in [-0.2, -0.15) is 0 Å². The van der Waals surface area contributed by atoms with Gasteiger partial charge in [0.15, 0.2) is 0 Å². The van der Waals surface area contributed by atoms with Crippen LogP contribution in [-0.4, -0.2) is 18.7 Å². The zero-order valence-electron chi connectivity index (χ0n) is 11.3. The molecule has 0 unspecified atom stereocenters. The van der Waals surface area contributed by atoms with E-state index in [1.54, 1.807) is 0 Å². The quantitative estimate of drug-likeness (QED) is 0.308. The molecule has 0 aliphatic rings. The third-order valence-corrected chi connectivity index (χ3v) is 3.35. The van der Waals surface area contributed by atoms with Crippen LogP contribution in [0.4, 0.5) is 0 Å². The van der Waals surface area contributed by atoms with Gasteiger partial charge in [-0.1, -0.05) is 51.9 Å². The Kier molecular flexibility index (Phi) is 15.9. The minimum absolute atomic E-state index is 0. The van der Waals surface area contributed by atoms with Crippen molar-refractivity contribution >= 4 is 10.1 Å². The molecular formula is C12H24NaO3S. The Labute approximate surface area is 129 Å². The molecule has 0 aromatic rings. The smallest absolute Gasteiger partial charge is 0.748 e. The molecule has 0 bridgehead atoms. The molecule has 1 radical (unpaired) electrons. The van der Waals surface area contributed by atoms with E-state index >= 15 is 0 Å². The number of rotatable bonds is 11. The van der Waals surface area contributed by atoms with Crippen LogP contribution in [0.2, 0.25) is 0 Å². The van der Waals surface area contributed by atoms with Crippen molar-refractivity contribution in [3.05, 3.63) is 6.42 Å². The molecule has 0 saturated heterocycles. The van der Waals surface area contributed by atoms with E-state index < -0.39 is 10.1 Å². The monoisotopic (exact) mass is 271 g/mol. The molecular weight excluding hydrogens is 247 g/mol. The standard InChI is InChI=1S/C12H25O3S.Na/c1-2-3-4-5-6-7-8-9-10-11-12-16(13,14)15;/h9H,2-8,10-12H2,1H3,(H,13,14,15);/q;+1/p-1. The summed E-state index contributed by atoms with van der Waals surface area (Å²) < 4.78 is 30.9. The summed E-state index contributed by atoms with van der Waals surface area (Å²) in [6.45, 7) is 2.21. The van der Waals surface area contributed by atoms with E-state index in [0.717, 1.165) is 12.8 Å². The first-order valence-electron chi connectivity index (χ1n) is 6.31. The summed E-state index contributed by atoms with van der Waals surface area (Å²) >= 11 is 0. The zero-order chi connectivity index (χ0) is 12.3. The van der Waals surface area contributed by atoms with Gasteiger partial charge in [0, 0.05) is 5.75 Å². The Hall–Kier alpha value is 0.910. The molecule has 0 aliphatic heterocycles. The second-order valence-corrected chi connectivity index (χ2v) is 5.77. The molecule has 0 rings (SSSR count). The van der Waals surface area contributed by atoms with Crippen molar-refractivity contribution in [2.24, 2.45) is 0 Å². The van der Waals surface area contributed by atoms with Crippen LogP contribution in [0, 0.1) is 6.42 Å². The minimum atomic E-state index is -4.00. The number of hydrogen-bond acceptors (Lipinski definition) is 3. The van der Waals surface area contributed by atoms with Gasteiger partial charge in [0.2, 0.25) is 0 Å². The molecule has 0 aromatic heterocycles. The summed E-state index contributed by atoms with van der Waals surface area (Å²) in [6.07, 6.45) is 12.0. The van der Waals surface area contributed by atoms with Crippen LogP contribution in [0.5, 0.6) is 0 Å². The summed E-state index contributed by atoms with van der Waals surface area (Å²) in [5.74, 6) is -0.222. The summed E-state index contributed by atoms with van der Waals surface area (Å²) in [5, 5.41) is 0. The van der Waals surface area contributed by atoms with Crippen molar-refractivity contribution in [2.45, 2.75) is 64.7 Å². The Bertz CT molecular complexity index is 240. The van der Waals surface area contributed by atoms with E-state index in [1.165, 1.54) is 38.5 Å². The molecule has 0 fully saturated rings. The van der Waals surface area contributed by atoms with Crippen molar-refractivity contribution in [3.63, 3.8) is 0 Å². The van der Waals surface area contributed by atoms with Gasteiger partial charge in [-0.25, -0.2) is 8.42 Å². The zero-order valence-corrected chi connectivity index (χ0v) is 14.1. The largest absolute Gasteiger partial charge is 1.00 e. The van der Waals surface area contributed by atoms with Crippen LogP contribution in [0.1, 0.15) is 64.7 Å². The first kappa shape index (κ1) is 20.2. The molecule has 5 heteroatoms. The fraction of sp³-hybridized carbons (Fsp3) is 0.917. The minimum Gasteiger partial charge on any atom is -0.748 e. The average molecular weight is 271 g/mol. The second-order valence-electron chi connectivity index (χ2n) is 4.25. The van der Waals surface area contributed by atoms with Crippen molar-refractivity contribution in [1.82, 2.24) is 0 Å². The Morgan fingerprint density at radius 2 is 1.47 bits per heavy atom. The Balaban J connectivity index is 0. The van der Waals surface area contributed by atoms with Crippen molar-refractivity contribution in [3.8, 4) is 0 Å². The van der Waals surface area contributed by atoms with E-state index in [9.17, 15) is 13.0 Å². The van der Waals surface area contributed by atoms with Gasteiger partial charge in [0.05, 0.1) is 10.1 Å². The van der Waals surface area contributed by atoms with Gasteiger partial charge >= 0.3 is 29.6 Å². The SMILES string of the molecule is CCCCCCCC[CH]CCCS(=O)(=O)[O-].[Na+]. The van der Waals surface area contributed by atoms with Gasteiger partial charge < -0.3 is 4.55 Å². The molecule has 3 nitrogen and oxygen atoms in total. The summed E-state index contributed by atoms with van der Waals surface area (Å²) in [4.78, 5) is 0. The van der Waals surface area contributed by atoms with E-state index in [4.69, 9.17) is 0 Å². The summed E-state index contributed by atoms with van der Waals surface area (Å²) in [5.41, 5.74) is 0. The first-order chi connectivity index (χ1) is 7.56. The van der Waals surface area contributed by atoms with Crippen LogP contribution in [-0.2, 0) is 10.1 Å². The molecule has 0 aromatic carbocycles. The first-order valence-corrected chi connectivity index (χ1v) is 7.89. The van der Waals surface area contributed by atoms with Crippen LogP contribution >= 0.6 is 0 Å². The van der Waals surface area contributed by atoms with Crippen LogP contribution in [0.15, 0.2) is 0 Å². The van der Waals surface area contributed by atoms with Gasteiger partial charge in [0.25, 0.3) is 0 Å². The van der Waals surface area contributed by atoms with E-state index in [0.29, 0.717) is 6.42 Å². The predicted molar refractivity (Wildman–Crippen MR) is 66.1 cm³/mol. The summed E-state index contributed by atoms with van der Waals surface area (Å²) in [7, 11) is -4.00.